The molecule has 0 bridgehead atoms. The Hall–Kier alpha value is -1.87. The Morgan fingerprint density at radius 1 is 1.15 bits per heavy atom. The summed E-state index contributed by atoms with van der Waals surface area (Å²) in [5, 5.41) is 13.1. The predicted octanol–water partition coefficient (Wildman–Crippen LogP) is 4.08. The average molecular weight is 273 g/mol. The fourth-order valence-electron chi connectivity index (χ4n) is 2.23. The van der Waals surface area contributed by atoms with Gasteiger partial charge >= 0.3 is 0 Å². The Morgan fingerprint density at radius 3 is 2.50 bits per heavy atom. The molecule has 2 aromatic rings. The lowest BCUT2D eigenvalue weighted by molar-refractivity contribution is 0.452. The Kier molecular flexibility index (Phi) is 4.74. The summed E-state index contributed by atoms with van der Waals surface area (Å²) >= 11 is 0. The van der Waals surface area contributed by atoms with Crippen molar-refractivity contribution in [3.8, 4) is 5.75 Å². The molecule has 0 saturated heterocycles. The van der Waals surface area contributed by atoms with Crippen molar-refractivity contribution in [3.05, 3.63) is 65.0 Å². The number of nitrogens with one attached hydrogen (secondary N) is 1. The lowest BCUT2D eigenvalue weighted by atomic mass is 10.0. The fourth-order valence-corrected chi connectivity index (χ4v) is 2.23. The lowest BCUT2D eigenvalue weighted by Crippen LogP contribution is -2.20. The van der Waals surface area contributed by atoms with E-state index in [4.69, 9.17) is 0 Å². The third kappa shape index (κ3) is 3.58. The van der Waals surface area contributed by atoms with Crippen molar-refractivity contribution in [2.75, 3.05) is 0 Å². The van der Waals surface area contributed by atoms with Crippen LogP contribution in [0.2, 0.25) is 0 Å². The number of halogens is 1. The zero-order valence-electron chi connectivity index (χ0n) is 11.9. The molecule has 0 aromatic heterocycles. The van der Waals surface area contributed by atoms with Crippen LogP contribution in [0.3, 0.4) is 0 Å². The molecule has 0 radical (unpaired) electrons. The summed E-state index contributed by atoms with van der Waals surface area (Å²) < 4.78 is 13.2. The fraction of sp³-hybridized carbons (Fsp3) is 0.294. The van der Waals surface area contributed by atoms with Crippen molar-refractivity contribution >= 4 is 0 Å². The number of phenols is 1. The number of benzene rings is 2. The zero-order valence-corrected chi connectivity index (χ0v) is 11.9. The van der Waals surface area contributed by atoms with Crippen LogP contribution in [0, 0.1) is 12.7 Å². The molecule has 20 heavy (non-hydrogen) atoms. The highest BCUT2D eigenvalue weighted by Gasteiger charge is 2.10. The Labute approximate surface area is 119 Å². The smallest absolute Gasteiger partial charge is 0.123 e. The summed E-state index contributed by atoms with van der Waals surface area (Å²) in [4.78, 5) is 0. The molecule has 0 aliphatic heterocycles. The van der Waals surface area contributed by atoms with Crippen molar-refractivity contribution in [2.45, 2.75) is 32.9 Å². The van der Waals surface area contributed by atoms with Crippen LogP contribution in [0.5, 0.6) is 5.75 Å². The van der Waals surface area contributed by atoms with Gasteiger partial charge in [0.2, 0.25) is 0 Å². The van der Waals surface area contributed by atoms with Crippen molar-refractivity contribution in [1.82, 2.24) is 5.32 Å². The highest BCUT2D eigenvalue weighted by Crippen LogP contribution is 2.21. The third-order valence-corrected chi connectivity index (χ3v) is 3.47. The van der Waals surface area contributed by atoms with Gasteiger partial charge in [0.15, 0.2) is 0 Å². The molecule has 3 heteroatoms. The lowest BCUT2D eigenvalue weighted by Gasteiger charge is -2.18. The first kappa shape index (κ1) is 14.5. The molecule has 2 nitrogen and oxygen atoms in total. The second-order valence-electron chi connectivity index (χ2n) is 5.03. The molecule has 0 amide bonds. The van der Waals surface area contributed by atoms with E-state index in [1.54, 1.807) is 0 Å². The Bertz CT molecular complexity index is 566. The molecule has 0 saturated carbocycles. The number of rotatable bonds is 5. The Balaban J connectivity index is 2.07. The molecule has 2 rings (SSSR count). The summed E-state index contributed by atoms with van der Waals surface area (Å²) in [5.74, 6) is -0.208. The van der Waals surface area contributed by atoms with Crippen molar-refractivity contribution in [3.63, 3.8) is 0 Å². The topological polar surface area (TPSA) is 32.3 Å². The van der Waals surface area contributed by atoms with Gasteiger partial charge in [-0.1, -0.05) is 36.8 Å². The molecule has 2 aromatic carbocycles. The quantitative estimate of drug-likeness (QED) is 0.860. The van der Waals surface area contributed by atoms with E-state index in [9.17, 15) is 9.50 Å². The number of aromatic hydroxyl groups is 1. The first-order valence-corrected chi connectivity index (χ1v) is 6.87. The highest BCUT2D eigenvalue weighted by atomic mass is 19.1. The molecule has 106 valence electrons. The summed E-state index contributed by atoms with van der Waals surface area (Å²) in [6.07, 6.45) is 0.930. The largest absolute Gasteiger partial charge is 0.508 e. The van der Waals surface area contributed by atoms with Crippen LogP contribution in [-0.2, 0) is 6.54 Å². The molecule has 0 heterocycles. The third-order valence-electron chi connectivity index (χ3n) is 3.47. The van der Waals surface area contributed by atoms with Gasteiger partial charge in [0.25, 0.3) is 0 Å². The monoisotopic (exact) mass is 273 g/mol. The molecule has 0 aliphatic rings. The van der Waals surface area contributed by atoms with Crippen molar-refractivity contribution < 1.29 is 9.50 Å². The van der Waals surface area contributed by atoms with E-state index in [0.717, 1.165) is 6.42 Å². The van der Waals surface area contributed by atoms with Crippen molar-refractivity contribution in [1.29, 1.82) is 0 Å². The molecule has 2 N–H and O–H groups in total. The van der Waals surface area contributed by atoms with Crippen LogP contribution < -0.4 is 5.32 Å². The Morgan fingerprint density at radius 2 is 1.85 bits per heavy atom. The predicted molar refractivity (Wildman–Crippen MR) is 79.1 cm³/mol. The van der Waals surface area contributed by atoms with Gasteiger partial charge in [-0.25, -0.2) is 4.39 Å². The first-order chi connectivity index (χ1) is 9.60. The second-order valence-corrected chi connectivity index (χ2v) is 5.03. The van der Waals surface area contributed by atoms with Crippen LogP contribution in [0.1, 0.15) is 36.1 Å². The summed E-state index contributed by atoms with van der Waals surface area (Å²) in [5.41, 5.74) is 3.01. The maximum absolute atomic E-state index is 13.2. The first-order valence-electron chi connectivity index (χ1n) is 6.87. The van der Waals surface area contributed by atoms with Gasteiger partial charge in [-0.2, -0.15) is 0 Å². The number of phenolic OH excluding ortho intramolecular Hbond substituents is 1. The van der Waals surface area contributed by atoms with Gasteiger partial charge in [-0.15, -0.1) is 0 Å². The van der Waals surface area contributed by atoms with Gasteiger partial charge in [0, 0.05) is 18.2 Å². The number of aryl methyl sites for hydroxylation is 1. The van der Waals surface area contributed by atoms with Gasteiger partial charge in [-0.3, -0.25) is 0 Å². The minimum Gasteiger partial charge on any atom is -0.508 e. The second kappa shape index (κ2) is 6.53. The minimum atomic E-state index is -0.331. The molecular weight excluding hydrogens is 253 g/mol. The molecule has 0 fully saturated rings. The van der Waals surface area contributed by atoms with E-state index in [0.29, 0.717) is 12.1 Å². The zero-order chi connectivity index (χ0) is 14.5. The van der Waals surface area contributed by atoms with E-state index in [1.807, 2.05) is 0 Å². The van der Waals surface area contributed by atoms with Crippen molar-refractivity contribution in [2.24, 2.45) is 0 Å². The van der Waals surface area contributed by atoms with Gasteiger partial charge in [0.1, 0.15) is 11.6 Å². The van der Waals surface area contributed by atoms with Crippen LogP contribution in [0.15, 0.2) is 42.5 Å². The average Bonchev–Trinajstić information content (AvgIpc) is 2.45. The van der Waals surface area contributed by atoms with Gasteiger partial charge < -0.3 is 10.4 Å². The number of hydrogen-bond donors (Lipinski definition) is 2. The van der Waals surface area contributed by atoms with Crippen LogP contribution in [0.4, 0.5) is 4.39 Å². The van der Waals surface area contributed by atoms with E-state index >= 15 is 0 Å². The SMILES string of the molecule is CCC(NCc1cc(F)ccc1O)c1ccc(C)cc1. The molecular formula is C17H20FNO. The maximum atomic E-state index is 13.2. The van der Waals surface area contributed by atoms with Gasteiger partial charge in [-0.05, 0) is 37.1 Å². The molecule has 0 aliphatic carbocycles. The van der Waals surface area contributed by atoms with E-state index in [1.165, 1.54) is 29.3 Å². The number of hydrogen-bond acceptors (Lipinski definition) is 2. The summed E-state index contributed by atoms with van der Waals surface area (Å²) in [6.45, 7) is 4.60. The van der Waals surface area contributed by atoms with E-state index in [-0.39, 0.29) is 17.6 Å². The van der Waals surface area contributed by atoms with Crippen LogP contribution >= 0.6 is 0 Å². The normalized spacial score (nSPS) is 12.3. The van der Waals surface area contributed by atoms with Crippen LogP contribution in [0.25, 0.3) is 0 Å². The minimum absolute atomic E-state index is 0.123. The van der Waals surface area contributed by atoms with Gasteiger partial charge in [0.05, 0.1) is 0 Å². The molecule has 1 atom stereocenters. The highest BCUT2D eigenvalue weighted by molar-refractivity contribution is 5.32. The molecule has 0 spiro atoms. The van der Waals surface area contributed by atoms with Crippen LogP contribution in [-0.4, -0.2) is 5.11 Å². The van der Waals surface area contributed by atoms with E-state index in [2.05, 4.69) is 43.4 Å². The standard InChI is InChI=1S/C17H20FNO/c1-3-16(13-6-4-12(2)5-7-13)19-11-14-10-15(18)8-9-17(14)20/h4-10,16,19-20H,3,11H2,1-2H3. The van der Waals surface area contributed by atoms with E-state index < -0.39 is 0 Å². The molecule has 1 unspecified atom stereocenters. The summed E-state index contributed by atoms with van der Waals surface area (Å²) in [6, 6.07) is 12.6. The summed E-state index contributed by atoms with van der Waals surface area (Å²) in [7, 11) is 0. The maximum Gasteiger partial charge on any atom is 0.123 e.